The van der Waals surface area contributed by atoms with Gasteiger partial charge in [0.15, 0.2) is 0 Å². The minimum Gasteiger partial charge on any atom is -0.423 e. The summed E-state index contributed by atoms with van der Waals surface area (Å²) in [7, 11) is -2.52. The second-order valence-corrected chi connectivity index (χ2v) is 4.92. The highest BCUT2D eigenvalue weighted by Crippen LogP contribution is 2.06. The van der Waals surface area contributed by atoms with E-state index in [9.17, 15) is 4.21 Å². The van der Waals surface area contributed by atoms with Gasteiger partial charge in [0.25, 0.3) is 0 Å². The van der Waals surface area contributed by atoms with E-state index in [1.54, 1.807) is 24.3 Å². The lowest BCUT2D eigenvalue weighted by Gasteiger charge is -2.04. The molecule has 1 atom stereocenters. The Hall–Kier alpha value is -0.645. The third-order valence-electron chi connectivity index (χ3n) is 2.10. The molecule has 0 heterocycles. The third kappa shape index (κ3) is 3.78. The van der Waals surface area contributed by atoms with Crippen molar-refractivity contribution >= 4 is 23.4 Å². The summed E-state index contributed by atoms with van der Waals surface area (Å²) in [4.78, 5) is 0.661. The summed E-state index contributed by atoms with van der Waals surface area (Å²) < 4.78 is 11.7. The molecule has 82 valence electrons. The van der Waals surface area contributed by atoms with Gasteiger partial charge in [-0.15, -0.1) is 0 Å². The lowest BCUT2D eigenvalue weighted by atomic mass is 9.80. The van der Waals surface area contributed by atoms with Crippen LogP contribution in [0.15, 0.2) is 29.2 Å². The van der Waals surface area contributed by atoms with E-state index in [1.807, 2.05) is 6.92 Å². The molecule has 1 aromatic carbocycles. The van der Waals surface area contributed by atoms with E-state index in [0.29, 0.717) is 16.1 Å². The van der Waals surface area contributed by atoms with Crippen molar-refractivity contribution in [1.82, 2.24) is 0 Å². The standard InChI is InChI=1S/C10H15BO3S/c1-2-3-7-15(14)10-6-4-5-9(8-10)11(12)13/h4-6,8,12-13H,2-3,7H2,1H3/t15-/m0/s1. The van der Waals surface area contributed by atoms with Crippen LogP contribution in [0.5, 0.6) is 0 Å². The highest BCUT2D eigenvalue weighted by molar-refractivity contribution is 7.85. The minimum absolute atomic E-state index is 0.386. The molecule has 0 radical (unpaired) electrons. The van der Waals surface area contributed by atoms with Gasteiger partial charge < -0.3 is 10.0 Å². The Morgan fingerprint density at radius 3 is 2.73 bits per heavy atom. The Morgan fingerprint density at radius 1 is 1.40 bits per heavy atom. The van der Waals surface area contributed by atoms with Crippen LogP contribution in [0.2, 0.25) is 0 Å². The van der Waals surface area contributed by atoms with Crippen molar-refractivity contribution in [2.75, 3.05) is 5.75 Å². The Kier molecular flexibility index (Phi) is 5.01. The number of benzene rings is 1. The predicted octanol–water partition coefficient (Wildman–Crippen LogP) is 0.274. The lowest BCUT2D eigenvalue weighted by molar-refractivity contribution is 0.425. The lowest BCUT2D eigenvalue weighted by Crippen LogP contribution is -2.29. The second kappa shape index (κ2) is 6.05. The Bertz CT molecular complexity index is 341. The summed E-state index contributed by atoms with van der Waals surface area (Å²) in [6.45, 7) is 2.05. The summed E-state index contributed by atoms with van der Waals surface area (Å²) in [5.41, 5.74) is 0.386. The van der Waals surface area contributed by atoms with Gasteiger partial charge in [-0.3, -0.25) is 4.21 Å². The molecule has 2 N–H and O–H groups in total. The first-order chi connectivity index (χ1) is 7.15. The minimum atomic E-state index is -1.49. The molecular weight excluding hydrogens is 211 g/mol. The molecule has 0 aliphatic carbocycles. The van der Waals surface area contributed by atoms with Crippen LogP contribution >= 0.6 is 0 Å². The molecule has 0 saturated carbocycles. The van der Waals surface area contributed by atoms with Crippen molar-refractivity contribution < 1.29 is 14.3 Å². The summed E-state index contributed by atoms with van der Waals surface area (Å²) in [5, 5.41) is 17.9. The molecule has 0 aromatic heterocycles. The average Bonchev–Trinajstić information content (AvgIpc) is 2.26. The monoisotopic (exact) mass is 226 g/mol. The summed E-state index contributed by atoms with van der Waals surface area (Å²) in [5.74, 6) is 0.626. The van der Waals surface area contributed by atoms with Crippen molar-refractivity contribution in [2.24, 2.45) is 0 Å². The van der Waals surface area contributed by atoms with Crippen molar-refractivity contribution in [2.45, 2.75) is 24.7 Å². The fourth-order valence-electron chi connectivity index (χ4n) is 1.21. The van der Waals surface area contributed by atoms with Crippen LogP contribution in [0.3, 0.4) is 0 Å². The van der Waals surface area contributed by atoms with E-state index >= 15 is 0 Å². The highest BCUT2D eigenvalue weighted by Gasteiger charge is 2.12. The Labute approximate surface area is 92.7 Å². The van der Waals surface area contributed by atoms with Gasteiger partial charge in [0.05, 0.1) is 10.8 Å². The van der Waals surface area contributed by atoms with Gasteiger partial charge in [0.2, 0.25) is 0 Å². The molecule has 1 aromatic rings. The normalized spacial score (nSPS) is 12.5. The molecule has 0 spiro atoms. The molecule has 0 amide bonds. The van der Waals surface area contributed by atoms with Crippen LogP contribution in [0.1, 0.15) is 19.8 Å². The zero-order valence-electron chi connectivity index (χ0n) is 8.72. The first kappa shape index (κ1) is 12.4. The van der Waals surface area contributed by atoms with Crippen LogP contribution in [0.25, 0.3) is 0 Å². The predicted molar refractivity (Wildman–Crippen MR) is 62.5 cm³/mol. The van der Waals surface area contributed by atoms with Crippen molar-refractivity contribution in [3.63, 3.8) is 0 Å². The fraction of sp³-hybridized carbons (Fsp3) is 0.400. The fourth-order valence-corrected chi connectivity index (χ4v) is 2.49. The largest absolute Gasteiger partial charge is 0.488 e. The van der Waals surface area contributed by atoms with Crippen LogP contribution in [0.4, 0.5) is 0 Å². The second-order valence-electron chi connectivity index (χ2n) is 3.35. The molecule has 15 heavy (non-hydrogen) atoms. The smallest absolute Gasteiger partial charge is 0.423 e. The highest BCUT2D eigenvalue weighted by atomic mass is 32.2. The number of hydrogen-bond donors (Lipinski definition) is 2. The molecule has 3 nitrogen and oxygen atoms in total. The maximum atomic E-state index is 11.7. The van der Waals surface area contributed by atoms with Gasteiger partial charge in [-0.2, -0.15) is 0 Å². The first-order valence-corrected chi connectivity index (χ1v) is 6.31. The Morgan fingerprint density at radius 2 is 2.13 bits per heavy atom. The van der Waals surface area contributed by atoms with Crippen molar-refractivity contribution in [3.8, 4) is 0 Å². The van der Waals surface area contributed by atoms with Crippen LogP contribution in [0, 0.1) is 0 Å². The number of hydrogen-bond acceptors (Lipinski definition) is 3. The van der Waals surface area contributed by atoms with Gasteiger partial charge in [-0.25, -0.2) is 0 Å². The quantitative estimate of drug-likeness (QED) is 0.708. The zero-order chi connectivity index (χ0) is 11.3. The Balaban J connectivity index is 2.76. The molecule has 0 aliphatic rings. The van der Waals surface area contributed by atoms with Gasteiger partial charge >= 0.3 is 7.12 Å². The average molecular weight is 226 g/mol. The van der Waals surface area contributed by atoms with E-state index in [0.717, 1.165) is 12.8 Å². The molecule has 0 saturated heterocycles. The van der Waals surface area contributed by atoms with E-state index < -0.39 is 17.9 Å². The first-order valence-electron chi connectivity index (χ1n) is 4.99. The maximum absolute atomic E-state index is 11.7. The summed E-state index contributed by atoms with van der Waals surface area (Å²) in [6, 6.07) is 6.62. The maximum Gasteiger partial charge on any atom is 0.488 e. The van der Waals surface area contributed by atoms with E-state index in [4.69, 9.17) is 10.0 Å². The molecular formula is C10H15BO3S. The van der Waals surface area contributed by atoms with Crippen LogP contribution in [-0.4, -0.2) is 27.1 Å². The van der Waals surface area contributed by atoms with Crippen molar-refractivity contribution in [3.05, 3.63) is 24.3 Å². The summed E-state index contributed by atoms with van der Waals surface area (Å²) in [6.07, 6.45) is 1.92. The molecule has 0 aliphatic heterocycles. The SMILES string of the molecule is CCCC[S@](=O)c1cccc(B(O)O)c1. The molecule has 1 rings (SSSR count). The van der Waals surface area contributed by atoms with Gasteiger partial charge in [-0.1, -0.05) is 25.5 Å². The molecule has 5 heteroatoms. The zero-order valence-corrected chi connectivity index (χ0v) is 9.54. The topological polar surface area (TPSA) is 57.5 Å². The van der Waals surface area contributed by atoms with Gasteiger partial charge in [0.1, 0.15) is 0 Å². The van der Waals surface area contributed by atoms with E-state index in [-0.39, 0.29) is 0 Å². The molecule has 0 fully saturated rings. The molecule has 0 bridgehead atoms. The summed E-state index contributed by atoms with van der Waals surface area (Å²) >= 11 is 0. The van der Waals surface area contributed by atoms with E-state index in [1.165, 1.54) is 0 Å². The van der Waals surface area contributed by atoms with E-state index in [2.05, 4.69) is 0 Å². The van der Waals surface area contributed by atoms with Gasteiger partial charge in [0, 0.05) is 10.6 Å². The van der Waals surface area contributed by atoms with Crippen LogP contribution < -0.4 is 5.46 Å². The molecule has 0 unspecified atom stereocenters. The number of rotatable bonds is 5. The van der Waals surface area contributed by atoms with Crippen molar-refractivity contribution in [1.29, 1.82) is 0 Å². The van der Waals surface area contributed by atoms with Gasteiger partial charge in [-0.05, 0) is 24.0 Å². The number of unbranched alkanes of at least 4 members (excludes halogenated alkanes) is 1. The van der Waals surface area contributed by atoms with Crippen LogP contribution in [-0.2, 0) is 10.8 Å². The third-order valence-corrected chi connectivity index (χ3v) is 3.54.